The zero-order valence-corrected chi connectivity index (χ0v) is 9.68. The Balaban J connectivity index is 2.49. The number of rotatable bonds is 3. The minimum absolute atomic E-state index is 0.0700. The van der Waals surface area contributed by atoms with Crippen molar-refractivity contribution < 1.29 is 4.79 Å². The molecule has 3 nitrogen and oxygen atoms in total. The second kappa shape index (κ2) is 4.30. The normalized spacial score (nSPS) is 27.7. The summed E-state index contributed by atoms with van der Waals surface area (Å²) in [5, 5.41) is 6.35. The third-order valence-corrected chi connectivity index (χ3v) is 3.20. The Morgan fingerprint density at radius 3 is 2.57 bits per heavy atom. The van der Waals surface area contributed by atoms with Gasteiger partial charge in [-0.05, 0) is 32.7 Å². The van der Waals surface area contributed by atoms with E-state index >= 15 is 0 Å². The lowest BCUT2D eigenvalue weighted by atomic mass is 9.94. The summed E-state index contributed by atoms with van der Waals surface area (Å²) in [6.45, 7) is 10.1. The molecule has 0 aliphatic carbocycles. The van der Waals surface area contributed by atoms with Crippen LogP contribution in [-0.2, 0) is 4.79 Å². The standard InChI is InChI=1S/C11H22N2O/c1-5-11(3,4)13-10(14)9-7-12-6-8(9)2/h8-9,12H,5-7H2,1-4H3,(H,13,14). The summed E-state index contributed by atoms with van der Waals surface area (Å²) >= 11 is 0. The van der Waals surface area contributed by atoms with Gasteiger partial charge in [0.15, 0.2) is 0 Å². The van der Waals surface area contributed by atoms with Crippen LogP contribution in [0.3, 0.4) is 0 Å². The van der Waals surface area contributed by atoms with E-state index in [4.69, 9.17) is 0 Å². The van der Waals surface area contributed by atoms with Crippen molar-refractivity contribution in [2.45, 2.75) is 39.7 Å². The van der Waals surface area contributed by atoms with Crippen LogP contribution in [0.15, 0.2) is 0 Å². The van der Waals surface area contributed by atoms with E-state index in [0.29, 0.717) is 5.92 Å². The highest BCUT2D eigenvalue weighted by Gasteiger charge is 2.31. The van der Waals surface area contributed by atoms with Crippen LogP contribution < -0.4 is 10.6 Å². The van der Waals surface area contributed by atoms with Crippen LogP contribution >= 0.6 is 0 Å². The Bertz CT molecular complexity index is 213. The van der Waals surface area contributed by atoms with E-state index in [9.17, 15) is 4.79 Å². The molecule has 1 rings (SSSR count). The number of nitrogens with one attached hydrogen (secondary N) is 2. The molecule has 2 N–H and O–H groups in total. The van der Waals surface area contributed by atoms with Gasteiger partial charge >= 0.3 is 0 Å². The summed E-state index contributed by atoms with van der Waals surface area (Å²) < 4.78 is 0. The van der Waals surface area contributed by atoms with E-state index in [1.807, 2.05) is 0 Å². The van der Waals surface area contributed by atoms with Crippen molar-refractivity contribution in [3.63, 3.8) is 0 Å². The molecule has 14 heavy (non-hydrogen) atoms. The third kappa shape index (κ3) is 2.71. The van der Waals surface area contributed by atoms with Crippen LogP contribution in [0.5, 0.6) is 0 Å². The Labute approximate surface area is 86.6 Å². The first kappa shape index (κ1) is 11.5. The van der Waals surface area contributed by atoms with E-state index in [0.717, 1.165) is 19.5 Å². The molecular weight excluding hydrogens is 176 g/mol. The van der Waals surface area contributed by atoms with Crippen LogP contribution in [0.25, 0.3) is 0 Å². The third-order valence-electron chi connectivity index (χ3n) is 3.20. The van der Waals surface area contributed by atoms with Crippen molar-refractivity contribution in [3.8, 4) is 0 Å². The number of hydrogen-bond donors (Lipinski definition) is 2. The molecule has 3 heteroatoms. The summed E-state index contributed by atoms with van der Waals surface area (Å²) in [6, 6.07) is 0. The summed E-state index contributed by atoms with van der Waals surface area (Å²) in [5.41, 5.74) is -0.0700. The Hall–Kier alpha value is -0.570. The topological polar surface area (TPSA) is 41.1 Å². The lowest BCUT2D eigenvalue weighted by Gasteiger charge is -2.27. The summed E-state index contributed by atoms with van der Waals surface area (Å²) in [4.78, 5) is 11.9. The maximum atomic E-state index is 11.9. The highest BCUT2D eigenvalue weighted by molar-refractivity contribution is 5.80. The first-order valence-corrected chi connectivity index (χ1v) is 5.49. The average Bonchev–Trinajstić information content (AvgIpc) is 2.51. The smallest absolute Gasteiger partial charge is 0.225 e. The predicted molar refractivity (Wildman–Crippen MR) is 58.0 cm³/mol. The lowest BCUT2D eigenvalue weighted by Crippen LogP contribution is -2.47. The fraction of sp³-hybridized carbons (Fsp3) is 0.909. The predicted octanol–water partition coefficient (Wildman–Crippen LogP) is 1.15. The Morgan fingerprint density at radius 1 is 1.50 bits per heavy atom. The van der Waals surface area contributed by atoms with Gasteiger partial charge in [0.2, 0.25) is 5.91 Å². The number of carbonyl (C=O) groups excluding carboxylic acids is 1. The average molecular weight is 198 g/mol. The van der Waals surface area contributed by atoms with Crippen LogP contribution in [0, 0.1) is 11.8 Å². The van der Waals surface area contributed by atoms with E-state index in [2.05, 4.69) is 38.3 Å². The van der Waals surface area contributed by atoms with Gasteiger partial charge in [0.25, 0.3) is 0 Å². The van der Waals surface area contributed by atoms with E-state index in [1.54, 1.807) is 0 Å². The zero-order valence-electron chi connectivity index (χ0n) is 9.68. The van der Waals surface area contributed by atoms with Crippen LogP contribution in [0.2, 0.25) is 0 Å². The molecule has 2 atom stereocenters. The minimum Gasteiger partial charge on any atom is -0.351 e. The van der Waals surface area contributed by atoms with Gasteiger partial charge in [0, 0.05) is 12.1 Å². The molecule has 82 valence electrons. The van der Waals surface area contributed by atoms with E-state index < -0.39 is 0 Å². The van der Waals surface area contributed by atoms with Crippen LogP contribution in [0.1, 0.15) is 34.1 Å². The van der Waals surface area contributed by atoms with Crippen molar-refractivity contribution in [3.05, 3.63) is 0 Å². The lowest BCUT2D eigenvalue weighted by molar-refractivity contribution is -0.127. The van der Waals surface area contributed by atoms with Gasteiger partial charge < -0.3 is 10.6 Å². The highest BCUT2D eigenvalue weighted by Crippen LogP contribution is 2.17. The van der Waals surface area contributed by atoms with E-state index in [1.165, 1.54) is 0 Å². The molecule has 1 amide bonds. The number of hydrogen-bond acceptors (Lipinski definition) is 2. The van der Waals surface area contributed by atoms with Crippen LogP contribution in [-0.4, -0.2) is 24.5 Å². The quantitative estimate of drug-likeness (QED) is 0.714. The van der Waals surface area contributed by atoms with Gasteiger partial charge in [-0.25, -0.2) is 0 Å². The van der Waals surface area contributed by atoms with Crippen LogP contribution in [0.4, 0.5) is 0 Å². The van der Waals surface area contributed by atoms with E-state index in [-0.39, 0.29) is 17.4 Å². The Kier molecular flexibility index (Phi) is 3.53. The largest absolute Gasteiger partial charge is 0.351 e. The molecule has 0 bridgehead atoms. The zero-order chi connectivity index (χ0) is 10.8. The van der Waals surface area contributed by atoms with Crippen molar-refractivity contribution in [2.75, 3.05) is 13.1 Å². The first-order valence-electron chi connectivity index (χ1n) is 5.49. The fourth-order valence-electron chi connectivity index (χ4n) is 1.68. The highest BCUT2D eigenvalue weighted by atomic mass is 16.2. The summed E-state index contributed by atoms with van der Waals surface area (Å²) in [5.74, 6) is 0.817. The molecule has 0 radical (unpaired) electrons. The van der Waals surface area contributed by atoms with Gasteiger partial charge in [0.05, 0.1) is 5.92 Å². The molecule has 1 aliphatic heterocycles. The second-order valence-electron chi connectivity index (χ2n) is 4.97. The maximum absolute atomic E-state index is 11.9. The molecule has 0 spiro atoms. The van der Waals surface area contributed by atoms with Gasteiger partial charge in [-0.15, -0.1) is 0 Å². The van der Waals surface area contributed by atoms with Gasteiger partial charge in [0.1, 0.15) is 0 Å². The summed E-state index contributed by atoms with van der Waals surface area (Å²) in [7, 11) is 0. The molecule has 1 aliphatic rings. The van der Waals surface area contributed by atoms with Gasteiger partial charge in [-0.3, -0.25) is 4.79 Å². The summed E-state index contributed by atoms with van der Waals surface area (Å²) in [6.07, 6.45) is 0.966. The number of carbonyl (C=O) groups is 1. The molecule has 1 heterocycles. The minimum atomic E-state index is -0.0700. The molecule has 1 fully saturated rings. The maximum Gasteiger partial charge on any atom is 0.225 e. The molecule has 2 unspecified atom stereocenters. The molecule has 0 aromatic carbocycles. The molecule has 0 aromatic rings. The van der Waals surface area contributed by atoms with Crippen molar-refractivity contribution in [1.29, 1.82) is 0 Å². The fourth-order valence-corrected chi connectivity index (χ4v) is 1.68. The first-order chi connectivity index (χ1) is 6.46. The molecular formula is C11H22N2O. The van der Waals surface area contributed by atoms with Crippen molar-refractivity contribution in [2.24, 2.45) is 11.8 Å². The SMILES string of the molecule is CCC(C)(C)NC(=O)C1CNCC1C. The Morgan fingerprint density at radius 2 is 2.14 bits per heavy atom. The number of amides is 1. The second-order valence-corrected chi connectivity index (χ2v) is 4.97. The molecule has 1 saturated heterocycles. The molecule has 0 aromatic heterocycles. The van der Waals surface area contributed by atoms with Gasteiger partial charge in [-0.2, -0.15) is 0 Å². The monoisotopic (exact) mass is 198 g/mol. The molecule has 0 saturated carbocycles. The van der Waals surface area contributed by atoms with Gasteiger partial charge in [-0.1, -0.05) is 13.8 Å². The van der Waals surface area contributed by atoms with Crippen molar-refractivity contribution >= 4 is 5.91 Å². The van der Waals surface area contributed by atoms with Crippen molar-refractivity contribution in [1.82, 2.24) is 10.6 Å².